The second kappa shape index (κ2) is 8.22. The minimum Gasteiger partial charge on any atom is -0.484 e. The maximum Gasteiger partial charge on any atom is 0.416 e. The molecule has 0 atom stereocenters. The van der Waals surface area contributed by atoms with Crippen molar-refractivity contribution in [1.29, 1.82) is 0 Å². The van der Waals surface area contributed by atoms with E-state index in [0.29, 0.717) is 0 Å². The van der Waals surface area contributed by atoms with E-state index >= 15 is 0 Å². The Morgan fingerprint density at radius 3 is 2.36 bits per heavy atom. The van der Waals surface area contributed by atoms with E-state index in [1.807, 2.05) is 20.8 Å². The van der Waals surface area contributed by atoms with Gasteiger partial charge in [-0.05, 0) is 45.9 Å². The molecule has 1 aromatic rings. The predicted octanol–water partition coefficient (Wildman–Crippen LogP) is 2.85. The number of amides is 2. The molecule has 25 heavy (non-hydrogen) atoms. The molecule has 0 bridgehead atoms. The van der Waals surface area contributed by atoms with Gasteiger partial charge in [0.05, 0.1) is 12.1 Å². The molecule has 0 saturated heterocycles. The number of nitrogens with one attached hydrogen (secondary N) is 1. The highest BCUT2D eigenvalue weighted by molar-refractivity contribution is 5.85. The molecule has 0 unspecified atom stereocenters. The van der Waals surface area contributed by atoms with Gasteiger partial charge in [-0.25, -0.2) is 0 Å². The lowest BCUT2D eigenvalue weighted by molar-refractivity contribution is -0.138. The number of halogens is 3. The van der Waals surface area contributed by atoms with Crippen molar-refractivity contribution >= 4 is 11.8 Å². The Bertz CT molecular complexity index is 610. The summed E-state index contributed by atoms with van der Waals surface area (Å²) in [5.74, 6) is -0.857. The van der Waals surface area contributed by atoms with Gasteiger partial charge in [-0.1, -0.05) is 6.07 Å². The van der Waals surface area contributed by atoms with Crippen LogP contribution in [-0.4, -0.2) is 41.9 Å². The fourth-order valence-corrected chi connectivity index (χ4v) is 2.01. The van der Waals surface area contributed by atoms with Gasteiger partial charge in [0.15, 0.2) is 6.61 Å². The smallest absolute Gasteiger partial charge is 0.416 e. The molecule has 0 radical (unpaired) electrons. The summed E-state index contributed by atoms with van der Waals surface area (Å²) in [7, 11) is 0. The van der Waals surface area contributed by atoms with Crippen molar-refractivity contribution in [3.05, 3.63) is 29.8 Å². The molecular weight excluding hydrogens is 337 g/mol. The van der Waals surface area contributed by atoms with E-state index in [9.17, 15) is 22.8 Å². The van der Waals surface area contributed by atoms with Gasteiger partial charge in [-0.3, -0.25) is 9.59 Å². The maximum atomic E-state index is 12.7. The largest absolute Gasteiger partial charge is 0.484 e. The molecular formula is C17H23F3N2O3. The summed E-state index contributed by atoms with van der Waals surface area (Å²) >= 11 is 0. The minimum atomic E-state index is -4.48. The summed E-state index contributed by atoms with van der Waals surface area (Å²) in [6.45, 7) is 6.85. The molecule has 5 nitrogen and oxygen atoms in total. The van der Waals surface area contributed by atoms with E-state index in [4.69, 9.17) is 4.74 Å². The van der Waals surface area contributed by atoms with E-state index in [1.54, 1.807) is 6.92 Å². The van der Waals surface area contributed by atoms with Crippen LogP contribution in [0.2, 0.25) is 0 Å². The fraction of sp³-hybridized carbons (Fsp3) is 0.529. The molecule has 0 aliphatic carbocycles. The second-order valence-corrected chi connectivity index (χ2v) is 6.52. The van der Waals surface area contributed by atoms with Gasteiger partial charge in [-0.2, -0.15) is 13.2 Å². The van der Waals surface area contributed by atoms with Crippen LogP contribution < -0.4 is 10.1 Å². The molecule has 1 rings (SSSR count). The third-order valence-electron chi connectivity index (χ3n) is 3.11. The molecule has 8 heteroatoms. The van der Waals surface area contributed by atoms with Gasteiger partial charge < -0.3 is 15.0 Å². The zero-order valence-electron chi connectivity index (χ0n) is 14.7. The molecule has 1 aromatic carbocycles. The van der Waals surface area contributed by atoms with Crippen LogP contribution in [-0.2, 0) is 15.8 Å². The summed E-state index contributed by atoms with van der Waals surface area (Å²) < 4.78 is 43.1. The minimum absolute atomic E-state index is 0.0571. The predicted molar refractivity (Wildman–Crippen MR) is 87.1 cm³/mol. The van der Waals surface area contributed by atoms with Crippen molar-refractivity contribution in [2.24, 2.45) is 0 Å². The third-order valence-corrected chi connectivity index (χ3v) is 3.11. The lowest BCUT2D eigenvalue weighted by atomic mass is 10.1. The molecule has 0 aliphatic heterocycles. The van der Waals surface area contributed by atoms with Crippen molar-refractivity contribution < 1.29 is 27.5 Å². The standard InChI is InChI=1S/C17H23F3N2O3/c1-5-22(10-14(23)21-16(2,3)4)15(24)11-25-13-8-6-7-12(9-13)17(18,19)20/h6-9H,5,10-11H2,1-4H3,(H,21,23). The molecule has 0 saturated carbocycles. The quantitative estimate of drug-likeness (QED) is 0.849. The highest BCUT2D eigenvalue weighted by atomic mass is 19.4. The molecule has 0 aromatic heterocycles. The van der Waals surface area contributed by atoms with Crippen LogP contribution in [0.25, 0.3) is 0 Å². The molecule has 140 valence electrons. The zero-order chi connectivity index (χ0) is 19.3. The summed E-state index contributed by atoms with van der Waals surface area (Å²) in [5, 5.41) is 2.74. The number of alkyl halides is 3. The van der Waals surface area contributed by atoms with Crippen molar-refractivity contribution in [2.45, 2.75) is 39.4 Å². The summed E-state index contributed by atoms with van der Waals surface area (Å²) in [5.41, 5.74) is -1.27. The van der Waals surface area contributed by atoms with Crippen LogP contribution in [0.4, 0.5) is 13.2 Å². The van der Waals surface area contributed by atoms with E-state index in [0.717, 1.165) is 12.1 Å². The Morgan fingerprint density at radius 1 is 1.20 bits per heavy atom. The summed E-state index contributed by atoms with van der Waals surface area (Å²) in [6, 6.07) is 4.29. The Morgan fingerprint density at radius 2 is 1.84 bits per heavy atom. The number of nitrogens with zero attached hydrogens (tertiary/aromatic N) is 1. The van der Waals surface area contributed by atoms with Crippen LogP contribution in [0.1, 0.15) is 33.3 Å². The molecule has 0 fully saturated rings. The summed E-state index contributed by atoms with van der Waals surface area (Å²) in [4.78, 5) is 25.3. The Hall–Kier alpha value is -2.25. The van der Waals surface area contributed by atoms with Crippen molar-refractivity contribution in [1.82, 2.24) is 10.2 Å². The first-order chi connectivity index (χ1) is 11.4. The molecule has 0 spiro atoms. The lowest BCUT2D eigenvalue weighted by Gasteiger charge is -2.25. The van der Waals surface area contributed by atoms with Gasteiger partial charge >= 0.3 is 6.18 Å². The van der Waals surface area contributed by atoms with Gasteiger partial charge in [0.2, 0.25) is 5.91 Å². The number of carbonyl (C=O) groups is 2. The number of hydrogen-bond acceptors (Lipinski definition) is 3. The molecule has 2 amide bonds. The summed E-state index contributed by atoms with van der Waals surface area (Å²) in [6.07, 6.45) is -4.48. The third kappa shape index (κ3) is 7.45. The van der Waals surface area contributed by atoms with Crippen molar-refractivity contribution in [3.63, 3.8) is 0 Å². The van der Waals surface area contributed by atoms with Crippen LogP contribution in [0, 0.1) is 0 Å². The first-order valence-electron chi connectivity index (χ1n) is 7.81. The maximum absolute atomic E-state index is 12.7. The number of rotatable bonds is 6. The van der Waals surface area contributed by atoms with Gasteiger partial charge in [0.1, 0.15) is 5.75 Å². The van der Waals surface area contributed by atoms with Gasteiger partial charge in [0.25, 0.3) is 5.91 Å². The lowest BCUT2D eigenvalue weighted by Crippen LogP contribution is -2.48. The normalized spacial score (nSPS) is 11.8. The average molecular weight is 360 g/mol. The van der Waals surface area contributed by atoms with Crippen LogP contribution in [0.3, 0.4) is 0 Å². The van der Waals surface area contributed by atoms with Crippen LogP contribution >= 0.6 is 0 Å². The number of benzene rings is 1. The van der Waals surface area contributed by atoms with Crippen molar-refractivity contribution in [3.8, 4) is 5.75 Å². The topological polar surface area (TPSA) is 58.6 Å². The Kier molecular flexibility index (Phi) is 6.84. The van der Waals surface area contributed by atoms with Gasteiger partial charge in [-0.15, -0.1) is 0 Å². The Labute approximate surface area is 145 Å². The van der Waals surface area contributed by atoms with Crippen LogP contribution in [0.15, 0.2) is 24.3 Å². The number of ether oxygens (including phenoxy) is 1. The van der Waals surface area contributed by atoms with Crippen molar-refractivity contribution in [2.75, 3.05) is 19.7 Å². The van der Waals surface area contributed by atoms with Gasteiger partial charge in [0, 0.05) is 12.1 Å². The second-order valence-electron chi connectivity index (χ2n) is 6.52. The molecule has 1 N–H and O–H groups in total. The molecule has 0 aliphatic rings. The number of carbonyl (C=O) groups excluding carboxylic acids is 2. The SMILES string of the molecule is CCN(CC(=O)NC(C)(C)C)C(=O)COc1cccc(C(F)(F)F)c1. The first kappa shape index (κ1) is 20.8. The van der Waals surface area contributed by atoms with E-state index in [1.165, 1.54) is 17.0 Å². The number of likely N-dealkylation sites (N-methyl/N-ethyl adjacent to an activating group) is 1. The highest BCUT2D eigenvalue weighted by Gasteiger charge is 2.30. The van der Waals surface area contributed by atoms with E-state index < -0.39 is 29.8 Å². The van der Waals surface area contributed by atoms with E-state index in [-0.39, 0.29) is 24.7 Å². The van der Waals surface area contributed by atoms with Crippen LogP contribution in [0.5, 0.6) is 5.75 Å². The molecule has 0 heterocycles. The zero-order valence-corrected chi connectivity index (χ0v) is 14.7. The van der Waals surface area contributed by atoms with E-state index in [2.05, 4.69) is 5.32 Å². The number of hydrogen-bond donors (Lipinski definition) is 1. The fourth-order valence-electron chi connectivity index (χ4n) is 2.01. The first-order valence-corrected chi connectivity index (χ1v) is 7.81. The average Bonchev–Trinajstić information content (AvgIpc) is 2.48. The monoisotopic (exact) mass is 360 g/mol. The highest BCUT2D eigenvalue weighted by Crippen LogP contribution is 2.31. The Balaban J connectivity index is 2.64.